The highest BCUT2D eigenvalue weighted by atomic mass is 16.5. The van der Waals surface area contributed by atoms with Crippen LogP contribution in [0.1, 0.15) is 13.8 Å². The average molecular weight is 169 g/mol. The number of aliphatic imine (C=N–C) groups is 1. The summed E-state index contributed by atoms with van der Waals surface area (Å²) in [7, 11) is 0. The third-order valence-corrected chi connectivity index (χ3v) is 1.08. The summed E-state index contributed by atoms with van der Waals surface area (Å²) in [6.07, 6.45) is 1.38. The predicted octanol–water partition coefficient (Wildman–Crippen LogP) is 0.830. The Morgan fingerprint density at radius 2 is 2.33 bits per heavy atom. The van der Waals surface area contributed by atoms with Crippen LogP contribution < -0.4 is 0 Å². The van der Waals surface area contributed by atoms with Crippen molar-refractivity contribution in [2.45, 2.75) is 19.9 Å². The summed E-state index contributed by atoms with van der Waals surface area (Å²) in [5.74, 6) is -0.469. The molecule has 0 rings (SSSR count). The van der Waals surface area contributed by atoms with Crippen LogP contribution >= 0.6 is 0 Å². The van der Waals surface area contributed by atoms with E-state index >= 15 is 0 Å². The minimum Gasteiger partial charge on any atom is -0.460 e. The lowest BCUT2D eigenvalue weighted by atomic mass is 10.3. The zero-order chi connectivity index (χ0) is 9.56. The van der Waals surface area contributed by atoms with E-state index in [2.05, 4.69) is 11.6 Å². The molecular formula is C8H11NO3. The van der Waals surface area contributed by atoms with Crippen LogP contribution in [0, 0.1) is 0 Å². The van der Waals surface area contributed by atoms with Crippen LogP contribution in [0.15, 0.2) is 17.1 Å². The molecule has 0 saturated heterocycles. The molecule has 0 heterocycles. The van der Waals surface area contributed by atoms with Crippen molar-refractivity contribution in [3.8, 4) is 0 Å². The Labute approximate surface area is 70.9 Å². The maximum absolute atomic E-state index is 10.8. The summed E-state index contributed by atoms with van der Waals surface area (Å²) in [5.41, 5.74) is 0.331. The van der Waals surface area contributed by atoms with Crippen LogP contribution in [0.3, 0.4) is 0 Å². The second-order valence-electron chi connectivity index (χ2n) is 2.45. The van der Waals surface area contributed by atoms with Crippen molar-refractivity contribution < 1.29 is 14.3 Å². The molecule has 0 aromatic rings. The molecule has 0 N–H and O–H groups in total. The second kappa shape index (κ2) is 5.27. The minimum atomic E-state index is -0.469. The van der Waals surface area contributed by atoms with E-state index in [1.54, 1.807) is 13.8 Å². The van der Waals surface area contributed by atoms with E-state index in [0.717, 1.165) is 0 Å². The maximum Gasteiger partial charge on any atom is 0.333 e. The van der Waals surface area contributed by atoms with Crippen LogP contribution in [-0.4, -0.2) is 24.7 Å². The van der Waals surface area contributed by atoms with Gasteiger partial charge in [-0.1, -0.05) is 6.58 Å². The van der Waals surface area contributed by atoms with Gasteiger partial charge >= 0.3 is 5.97 Å². The number of nitrogens with zero attached hydrogens (tertiary/aromatic N) is 1. The molecule has 0 bridgehead atoms. The molecule has 0 aromatic carbocycles. The third-order valence-electron chi connectivity index (χ3n) is 1.08. The van der Waals surface area contributed by atoms with Crippen molar-refractivity contribution in [1.82, 2.24) is 0 Å². The largest absolute Gasteiger partial charge is 0.460 e. The van der Waals surface area contributed by atoms with Gasteiger partial charge in [-0.25, -0.2) is 9.59 Å². The zero-order valence-corrected chi connectivity index (χ0v) is 7.16. The number of hydrogen-bond acceptors (Lipinski definition) is 4. The smallest absolute Gasteiger partial charge is 0.333 e. The van der Waals surface area contributed by atoms with E-state index in [1.807, 2.05) is 0 Å². The first-order chi connectivity index (χ1) is 5.57. The number of rotatable bonds is 4. The first-order valence-electron chi connectivity index (χ1n) is 3.47. The Hall–Kier alpha value is -1.41. The van der Waals surface area contributed by atoms with E-state index in [9.17, 15) is 9.59 Å². The molecule has 0 fully saturated rings. The molecule has 4 nitrogen and oxygen atoms in total. The molecule has 66 valence electrons. The third kappa shape index (κ3) is 4.41. The molecule has 4 heteroatoms. The highest BCUT2D eigenvalue weighted by molar-refractivity contribution is 5.86. The van der Waals surface area contributed by atoms with Gasteiger partial charge in [0.1, 0.15) is 6.61 Å². The van der Waals surface area contributed by atoms with Crippen LogP contribution in [0.25, 0.3) is 0 Å². The predicted molar refractivity (Wildman–Crippen MR) is 43.4 cm³/mol. The van der Waals surface area contributed by atoms with E-state index in [1.165, 1.54) is 6.08 Å². The van der Waals surface area contributed by atoms with Gasteiger partial charge in [0.15, 0.2) is 0 Å². The van der Waals surface area contributed by atoms with Crippen LogP contribution in [0.4, 0.5) is 0 Å². The number of esters is 1. The average Bonchev–Trinajstić information content (AvgIpc) is 2.00. The van der Waals surface area contributed by atoms with Crippen LogP contribution in [0.2, 0.25) is 0 Å². The van der Waals surface area contributed by atoms with Gasteiger partial charge in [-0.3, -0.25) is 0 Å². The topological polar surface area (TPSA) is 55.7 Å². The number of carbonyl (C=O) groups is 1. The number of ether oxygens (including phenoxy) is 1. The van der Waals surface area contributed by atoms with E-state index in [4.69, 9.17) is 4.74 Å². The Bertz CT molecular complexity index is 228. The molecule has 0 spiro atoms. The van der Waals surface area contributed by atoms with Crippen molar-refractivity contribution in [2.24, 2.45) is 4.99 Å². The highest BCUT2D eigenvalue weighted by Gasteiger charge is 2.05. The normalized spacial score (nSPS) is 11.2. The molecule has 0 aromatic heterocycles. The number of isocyanates is 1. The van der Waals surface area contributed by atoms with Gasteiger partial charge in [0, 0.05) is 5.57 Å². The maximum atomic E-state index is 10.8. The zero-order valence-electron chi connectivity index (χ0n) is 7.16. The number of carbonyl (C=O) groups excluding carboxylic acids is 2. The van der Waals surface area contributed by atoms with Crippen LogP contribution in [0.5, 0.6) is 0 Å². The second-order valence-corrected chi connectivity index (χ2v) is 2.45. The van der Waals surface area contributed by atoms with Gasteiger partial charge in [0.2, 0.25) is 6.08 Å². The lowest BCUT2D eigenvalue weighted by Crippen LogP contribution is -2.14. The Morgan fingerprint density at radius 1 is 1.75 bits per heavy atom. The van der Waals surface area contributed by atoms with E-state index < -0.39 is 5.97 Å². The molecule has 0 aliphatic rings. The fourth-order valence-corrected chi connectivity index (χ4v) is 0.447. The molecule has 0 aliphatic carbocycles. The van der Waals surface area contributed by atoms with Crippen molar-refractivity contribution in [1.29, 1.82) is 0 Å². The minimum absolute atomic E-state index is 0.0843. The SMILES string of the molecule is C=C(C)C(=O)OCC(C)N=C=O. The monoisotopic (exact) mass is 169 g/mol. The molecular weight excluding hydrogens is 158 g/mol. The summed E-state index contributed by atoms with van der Waals surface area (Å²) in [4.78, 5) is 23.9. The Morgan fingerprint density at radius 3 is 2.75 bits per heavy atom. The first kappa shape index (κ1) is 10.6. The number of hydrogen-bond donors (Lipinski definition) is 0. The summed E-state index contributed by atoms with van der Waals surface area (Å²) in [6, 6.07) is -0.342. The molecule has 1 unspecified atom stereocenters. The van der Waals surface area contributed by atoms with Crippen molar-refractivity contribution in [3.63, 3.8) is 0 Å². The van der Waals surface area contributed by atoms with Crippen molar-refractivity contribution >= 4 is 12.0 Å². The highest BCUT2D eigenvalue weighted by Crippen LogP contribution is 1.95. The standard InChI is InChI=1S/C8H11NO3/c1-6(2)8(11)12-4-7(3)9-5-10/h7H,1,4H2,2-3H3. The molecule has 1 atom stereocenters. The summed E-state index contributed by atoms with van der Waals surface area (Å²) < 4.78 is 4.71. The first-order valence-corrected chi connectivity index (χ1v) is 3.47. The van der Waals surface area contributed by atoms with Crippen molar-refractivity contribution in [3.05, 3.63) is 12.2 Å². The van der Waals surface area contributed by atoms with Gasteiger partial charge in [0.05, 0.1) is 6.04 Å². The molecule has 0 radical (unpaired) electrons. The summed E-state index contributed by atoms with van der Waals surface area (Å²) >= 11 is 0. The van der Waals surface area contributed by atoms with Gasteiger partial charge in [-0.2, -0.15) is 4.99 Å². The Balaban J connectivity index is 3.75. The molecule has 12 heavy (non-hydrogen) atoms. The lowest BCUT2D eigenvalue weighted by Gasteiger charge is -2.05. The molecule has 0 amide bonds. The van der Waals surface area contributed by atoms with Gasteiger partial charge < -0.3 is 4.74 Å². The quantitative estimate of drug-likeness (QED) is 0.271. The molecule has 0 saturated carbocycles. The van der Waals surface area contributed by atoms with Gasteiger partial charge in [0.25, 0.3) is 0 Å². The lowest BCUT2D eigenvalue weighted by molar-refractivity contribution is -0.139. The van der Waals surface area contributed by atoms with E-state index in [0.29, 0.717) is 5.57 Å². The van der Waals surface area contributed by atoms with E-state index in [-0.39, 0.29) is 12.6 Å². The molecule has 0 aliphatic heterocycles. The van der Waals surface area contributed by atoms with Gasteiger partial charge in [-0.05, 0) is 13.8 Å². The fraction of sp³-hybridized carbons (Fsp3) is 0.500. The van der Waals surface area contributed by atoms with Crippen LogP contribution in [-0.2, 0) is 14.3 Å². The van der Waals surface area contributed by atoms with Gasteiger partial charge in [-0.15, -0.1) is 0 Å². The Kier molecular flexibility index (Phi) is 4.65. The van der Waals surface area contributed by atoms with Crippen molar-refractivity contribution in [2.75, 3.05) is 6.61 Å². The fourth-order valence-electron chi connectivity index (χ4n) is 0.447. The summed E-state index contributed by atoms with van der Waals surface area (Å²) in [6.45, 7) is 6.68. The summed E-state index contributed by atoms with van der Waals surface area (Å²) in [5, 5.41) is 0.